The van der Waals surface area contributed by atoms with E-state index in [9.17, 15) is 19.5 Å². The Balaban J connectivity index is 1.63. The van der Waals surface area contributed by atoms with Gasteiger partial charge in [0.15, 0.2) is 0 Å². The lowest BCUT2D eigenvalue weighted by molar-refractivity contribution is -0.145. The predicted octanol–water partition coefficient (Wildman–Crippen LogP) is 3.51. The van der Waals surface area contributed by atoms with Gasteiger partial charge in [0, 0.05) is 24.3 Å². The molecule has 2 unspecified atom stereocenters. The molecule has 2 aliphatic rings. The van der Waals surface area contributed by atoms with Crippen LogP contribution in [0, 0.1) is 5.92 Å². The maximum absolute atomic E-state index is 13.2. The highest BCUT2D eigenvalue weighted by molar-refractivity contribution is 7.98. The third-order valence-corrected chi connectivity index (χ3v) is 7.81. The summed E-state index contributed by atoms with van der Waals surface area (Å²) in [6, 6.07) is 9.74. The van der Waals surface area contributed by atoms with E-state index in [2.05, 4.69) is 22.8 Å². The van der Waals surface area contributed by atoms with Gasteiger partial charge >= 0.3 is 5.97 Å². The Morgan fingerprint density at radius 3 is 2.66 bits per heavy atom. The van der Waals surface area contributed by atoms with Gasteiger partial charge in [-0.3, -0.25) is 14.4 Å². The first-order valence-electron chi connectivity index (χ1n) is 12.6. The Labute approximate surface area is 212 Å². The van der Waals surface area contributed by atoms with Crippen LogP contribution in [0.2, 0.25) is 0 Å². The zero-order valence-electron chi connectivity index (χ0n) is 20.4. The number of hydrogen-bond acceptors (Lipinski definition) is 6. The smallest absolute Gasteiger partial charge is 0.305 e. The van der Waals surface area contributed by atoms with E-state index in [-0.39, 0.29) is 43.5 Å². The molecule has 1 fully saturated rings. The van der Waals surface area contributed by atoms with E-state index < -0.39 is 11.5 Å². The monoisotopic (exact) mass is 502 g/mol. The summed E-state index contributed by atoms with van der Waals surface area (Å²) in [6.07, 6.45) is 9.64. The molecular formula is C27H38N2O5S. The van der Waals surface area contributed by atoms with Gasteiger partial charge in [-0.1, -0.05) is 55.3 Å². The zero-order valence-corrected chi connectivity index (χ0v) is 21.2. The number of hydrogen-bond donors (Lipinski definition) is 3. The molecule has 1 aromatic carbocycles. The largest absolute Gasteiger partial charge is 0.463 e. The first-order valence-corrected chi connectivity index (χ1v) is 13.8. The van der Waals surface area contributed by atoms with Gasteiger partial charge in [-0.2, -0.15) is 11.8 Å². The van der Waals surface area contributed by atoms with E-state index in [0.29, 0.717) is 25.0 Å². The van der Waals surface area contributed by atoms with E-state index >= 15 is 0 Å². The molecule has 0 aromatic heterocycles. The summed E-state index contributed by atoms with van der Waals surface area (Å²) in [5.74, 6) is 0.179. The molecule has 192 valence electrons. The fraction of sp³-hybridized carbons (Fsp3) is 0.593. The van der Waals surface area contributed by atoms with E-state index in [0.717, 1.165) is 37.9 Å². The summed E-state index contributed by atoms with van der Waals surface area (Å²) < 4.78 is 5.45. The molecule has 1 saturated carbocycles. The average molecular weight is 503 g/mol. The number of benzene rings is 1. The summed E-state index contributed by atoms with van der Waals surface area (Å²) in [7, 11) is 0. The molecule has 0 saturated heterocycles. The molecule has 8 heteroatoms. The van der Waals surface area contributed by atoms with E-state index in [1.165, 1.54) is 5.56 Å². The maximum atomic E-state index is 13.2. The Hall–Kier alpha value is -2.32. The van der Waals surface area contributed by atoms with Crippen LogP contribution in [0.4, 0.5) is 0 Å². The number of cyclic esters (lactones) is 1. The van der Waals surface area contributed by atoms with Crippen molar-refractivity contribution in [2.75, 3.05) is 19.0 Å². The molecule has 0 spiro atoms. The van der Waals surface area contributed by atoms with Crippen LogP contribution in [0.3, 0.4) is 0 Å². The SMILES string of the molecule is O=C(CC1CC=CCCCC(=O)OCC(CSCc2ccccc2)NC1=O)NC1(CO)CCCC1. The van der Waals surface area contributed by atoms with Crippen molar-refractivity contribution >= 4 is 29.5 Å². The van der Waals surface area contributed by atoms with Gasteiger partial charge in [-0.15, -0.1) is 0 Å². The van der Waals surface area contributed by atoms with Crippen molar-refractivity contribution in [1.29, 1.82) is 0 Å². The summed E-state index contributed by atoms with van der Waals surface area (Å²) >= 11 is 1.67. The number of aliphatic hydroxyl groups excluding tert-OH is 1. The number of carbonyl (C=O) groups excluding carboxylic acids is 3. The van der Waals surface area contributed by atoms with E-state index in [1.54, 1.807) is 11.8 Å². The summed E-state index contributed by atoms with van der Waals surface area (Å²) in [5.41, 5.74) is 0.632. The van der Waals surface area contributed by atoms with Crippen LogP contribution < -0.4 is 10.6 Å². The van der Waals surface area contributed by atoms with Gasteiger partial charge in [0.25, 0.3) is 0 Å². The Morgan fingerprint density at radius 1 is 1.14 bits per heavy atom. The van der Waals surface area contributed by atoms with Crippen LogP contribution >= 0.6 is 11.8 Å². The van der Waals surface area contributed by atoms with E-state index in [4.69, 9.17) is 4.74 Å². The molecule has 2 amide bonds. The molecule has 35 heavy (non-hydrogen) atoms. The Bertz CT molecular complexity index is 854. The first kappa shape index (κ1) is 27.3. The summed E-state index contributed by atoms with van der Waals surface area (Å²) in [5, 5.41) is 15.9. The molecule has 1 heterocycles. The van der Waals surface area contributed by atoms with Gasteiger partial charge in [0.05, 0.1) is 24.1 Å². The third-order valence-electron chi connectivity index (χ3n) is 6.63. The van der Waals surface area contributed by atoms with Crippen LogP contribution in [0.5, 0.6) is 0 Å². The highest BCUT2D eigenvalue weighted by Crippen LogP contribution is 2.29. The lowest BCUT2D eigenvalue weighted by Crippen LogP contribution is -2.50. The van der Waals surface area contributed by atoms with Crippen molar-refractivity contribution in [1.82, 2.24) is 10.6 Å². The van der Waals surface area contributed by atoms with Gasteiger partial charge in [-0.25, -0.2) is 0 Å². The number of nitrogens with one attached hydrogen (secondary N) is 2. The topological polar surface area (TPSA) is 105 Å². The molecule has 1 aromatic rings. The third kappa shape index (κ3) is 9.33. The average Bonchev–Trinajstić information content (AvgIpc) is 3.32. The minimum Gasteiger partial charge on any atom is -0.463 e. The van der Waals surface area contributed by atoms with Crippen molar-refractivity contribution in [3.05, 3.63) is 48.0 Å². The van der Waals surface area contributed by atoms with Gasteiger partial charge < -0.3 is 20.5 Å². The predicted molar refractivity (Wildman–Crippen MR) is 138 cm³/mol. The first-order chi connectivity index (χ1) is 17.0. The fourth-order valence-corrected chi connectivity index (χ4v) is 5.59. The lowest BCUT2D eigenvalue weighted by Gasteiger charge is -2.29. The summed E-state index contributed by atoms with van der Waals surface area (Å²) in [6.45, 7) is 0.0356. The molecule has 1 aliphatic heterocycles. The maximum Gasteiger partial charge on any atom is 0.305 e. The van der Waals surface area contributed by atoms with Crippen molar-refractivity contribution in [3.8, 4) is 0 Å². The number of aliphatic hydroxyl groups is 1. The second-order valence-electron chi connectivity index (χ2n) is 9.58. The van der Waals surface area contributed by atoms with Crippen LogP contribution in [0.1, 0.15) is 63.4 Å². The number of allylic oxidation sites excluding steroid dienone is 2. The molecular weight excluding hydrogens is 464 g/mol. The van der Waals surface area contributed by atoms with Crippen LogP contribution in [0.15, 0.2) is 42.5 Å². The second-order valence-corrected chi connectivity index (χ2v) is 10.6. The van der Waals surface area contributed by atoms with Gasteiger partial charge in [0.1, 0.15) is 6.61 Å². The van der Waals surface area contributed by atoms with Crippen molar-refractivity contribution in [2.24, 2.45) is 5.92 Å². The number of amides is 2. The van der Waals surface area contributed by atoms with Crippen molar-refractivity contribution in [2.45, 2.75) is 75.1 Å². The van der Waals surface area contributed by atoms with Crippen LogP contribution in [-0.4, -0.2) is 53.4 Å². The Morgan fingerprint density at radius 2 is 1.91 bits per heavy atom. The molecule has 1 aliphatic carbocycles. The van der Waals surface area contributed by atoms with Gasteiger partial charge in [0.2, 0.25) is 11.8 Å². The zero-order chi connectivity index (χ0) is 24.9. The number of carbonyl (C=O) groups is 3. The number of rotatable bonds is 8. The molecule has 0 bridgehead atoms. The molecule has 2 atom stereocenters. The quantitative estimate of drug-likeness (QED) is 0.371. The molecule has 7 nitrogen and oxygen atoms in total. The van der Waals surface area contributed by atoms with Crippen molar-refractivity contribution in [3.63, 3.8) is 0 Å². The van der Waals surface area contributed by atoms with Crippen molar-refractivity contribution < 1.29 is 24.2 Å². The number of ether oxygens (including phenoxy) is 1. The summed E-state index contributed by atoms with van der Waals surface area (Å²) in [4.78, 5) is 38.2. The second kappa shape index (κ2) is 14.3. The highest BCUT2D eigenvalue weighted by atomic mass is 32.2. The minimum absolute atomic E-state index is 0.0571. The highest BCUT2D eigenvalue weighted by Gasteiger charge is 2.35. The molecule has 3 rings (SSSR count). The lowest BCUT2D eigenvalue weighted by atomic mass is 9.95. The van der Waals surface area contributed by atoms with Crippen LogP contribution in [0.25, 0.3) is 0 Å². The minimum atomic E-state index is -0.558. The van der Waals surface area contributed by atoms with Crippen LogP contribution in [-0.2, 0) is 24.9 Å². The van der Waals surface area contributed by atoms with Gasteiger partial charge in [-0.05, 0) is 37.7 Å². The standard InChI is InChI=1S/C27H38N2O5S/c30-20-27(14-8-9-15-27)29-24(31)16-22-12-6-1-2-7-13-25(32)34-17-23(28-26(22)33)19-35-18-21-10-4-3-5-11-21/h1,3-6,10-11,22-23,30H,2,7-9,12-20H2,(H,28,33)(H,29,31). The number of thioether (sulfide) groups is 1. The van der Waals surface area contributed by atoms with E-state index in [1.807, 2.05) is 30.4 Å². The molecule has 3 N–H and O–H groups in total. The fourth-order valence-electron chi connectivity index (χ4n) is 4.58. The normalized spacial score (nSPS) is 23.3. The number of esters is 1. The molecule has 0 radical (unpaired) electrons. The Kier molecular flexibility index (Phi) is 11.1.